The fraction of sp³-hybridized carbons (Fsp3) is 0.250. The summed E-state index contributed by atoms with van der Waals surface area (Å²) in [5.74, 6) is -2.41. The van der Waals surface area contributed by atoms with E-state index >= 15 is 0 Å². The first kappa shape index (κ1) is 22.0. The summed E-state index contributed by atoms with van der Waals surface area (Å²) in [4.78, 5) is 34.9. The van der Waals surface area contributed by atoms with Crippen LogP contribution in [0.1, 0.15) is 23.7 Å². The third kappa shape index (κ3) is 6.11. The Morgan fingerprint density at radius 2 is 1.48 bits per heavy atom. The third-order valence-electron chi connectivity index (χ3n) is 4.32. The maximum Gasteiger partial charge on any atom is 0.281 e. The monoisotopic (exact) mass is 402 g/mol. The predicted molar refractivity (Wildman–Crippen MR) is 101 cm³/mol. The molecule has 0 aliphatic heterocycles. The number of hydrogen-bond donors (Lipinski definition) is 5. The first-order valence-electron chi connectivity index (χ1n) is 8.77. The van der Waals surface area contributed by atoms with Crippen molar-refractivity contribution in [3.8, 4) is 16.9 Å². The minimum Gasteiger partial charge on any atom is -0.484 e. The number of carbonyl (C=O) groups excluding carboxylic acids is 3. The lowest BCUT2D eigenvalue weighted by Gasteiger charge is -2.16. The van der Waals surface area contributed by atoms with Crippen LogP contribution in [0, 0.1) is 5.92 Å². The largest absolute Gasteiger partial charge is 0.484 e. The number of rotatable bonds is 9. The van der Waals surface area contributed by atoms with E-state index < -0.39 is 23.8 Å². The molecular formula is C20H22N2O7. The number of Topliss-reactive ketones (excluding diaryl/α,β-unsaturated/α-hetero) is 1. The van der Waals surface area contributed by atoms with Crippen LogP contribution in [0.15, 0.2) is 48.5 Å². The van der Waals surface area contributed by atoms with E-state index in [-0.39, 0.29) is 18.8 Å². The highest BCUT2D eigenvalue weighted by atomic mass is 16.5. The van der Waals surface area contributed by atoms with Crippen molar-refractivity contribution >= 4 is 17.6 Å². The number of aliphatic hydroxyl groups is 1. The van der Waals surface area contributed by atoms with Crippen molar-refractivity contribution in [3.63, 3.8) is 0 Å². The smallest absolute Gasteiger partial charge is 0.281 e. The topological polar surface area (TPSA) is 145 Å². The molecule has 0 saturated carbocycles. The molecule has 5 N–H and O–H groups in total. The third-order valence-corrected chi connectivity index (χ3v) is 4.32. The highest BCUT2D eigenvalue weighted by Crippen LogP contribution is 2.24. The van der Waals surface area contributed by atoms with Gasteiger partial charge in [-0.3, -0.25) is 24.8 Å². The second-order valence-corrected chi connectivity index (χ2v) is 6.38. The molecule has 2 aromatic carbocycles. The van der Waals surface area contributed by atoms with Crippen molar-refractivity contribution in [1.29, 1.82) is 0 Å². The molecule has 9 heteroatoms. The molecule has 29 heavy (non-hydrogen) atoms. The number of carbonyl (C=O) groups is 3. The van der Waals surface area contributed by atoms with E-state index in [0.717, 1.165) is 11.1 Å². The summed E-state index contributed by atoms with van der Waals surface area (Å²) in [6, 6.07) is 13.6. The zero-order valence-electron chi connectivity index (χ0n) is 15.7. The minimum absolute atomic E-state index is 0.239. The number of ketones is 1. The lowest BCUT2D eigenvalue weighted by Crippen LogP contribution is -2.36. The standard InChI is InChI=1S/C20H22N2O7/c1-12(23)17(20(26)22-28)10-18(24)15-4-2-13(3-5-15)14-6-8-16(9-7-14)29-11-19(25)21-27/h2-9,12,17,23,27-28H,10-11H2,1H3,(H,21,25)(H,22,26)/t12-,17+/m1/s1. The molecule has 0 radical (unpaired) electrons. The fourth-order valence-corrected chi connectivity index (χ4v) is 2.66. The summed E-state index contributed by atoms with van der Waals surface area (Å²) in [6.45, 7) is 1.06. The van der Waals surface area contributed by atoms with Gasteiger partial charge < -0.3 is 9.84 Å². The number of nitrogens with one attached hydrogen (secondary N) is 2. The summed E-state index contributed by atoms with van der Waals surface area (Å²) >= 11 is 0. The van der Waals surface area contributed by atoms with Gasteiger partial charge >= 0.3 is 0 Å². The molecule has 0 unspecified atom stereocenters. The predicted octanol–water partition coefficient (Wildman–Crippen LogP) is 1.31. The molecule has 0 aliphatic rings. The van der Waals surface area contributed by atoms with E-state index in [9.17, 15) is 19.5 Å². The Bertz CT molecular complexity index is 848. The van der Waals surface area contributed by atoms with Gasteiger partial charge in [-0.1, -0.05) is 36.4 Å². The lowest BCUT2D eigenvalue weighted by molar-refractivity contribution is -0.136. The summed E-state index contributed by atoms with van der Waals surface area (Å²) < 4.78 is 5.20. The summed E-state index contributed by atoms with van der Waals surface area (Å²) in [7, 11) is 0. The molecule has 2 rings (SSSR count). The maximum atomic E-state index is 12.4. The van der Waals surface area contributed by atoms with Crippen LogP contribution in [0.3, 0.4) is 0 Å². The normalized spacial score (nSPS) is 12.6. The van der Waals surface area contributed by atoms with Gasteiger partial charge in [0.2, 0.25) is 5.91 Å². The minimum atomic E-state index is -1.09. The first-order valence-corrected chi connectivity index (χ1v) is 8.77. The average molecular weight is 402 g/mol. The molecule has 0 saturated heterocycles. The summed E-state index contributed by atoms with van der Waals surface area (Å²) in [6.07, 6.45) is -1.33. The highest BCUT2D eigenvalue weighted by molar-refractivity contribution is 5.99. The summed E-state index contributed by atoms with van der Waals surface area (Å²) in [5, 5.41) is 26.8. The number of benzene rings is 2. The number of aliphatic hydroxyl groups excluding tert-OH is 1. The second kappa shape index (κ2) is 10.3. The number of ether oxygens (including phenoxy) is 1. The van der Waals surface area contributed by atoms with Crippen LogP contribution in [0.4, 0.5) is 0 Å². The van der Waals surface area contributed by atoms with Crippen LogP contribution in [-0.2, 0) is 9.59 Å². The molecule has 9 nitrogen and oxygen atoms in total. The Hall–Kier alpha value is -3.27. The zero-order chi connectivity index (χ0) is 21.4. The Morgan fingerprint density at radius 1 is 0.931 bits per heavy atom. The van der Waals surface area contributed by atoms with Gasteiger partial charge in [-0.15, -0.1) is 0 Å². The first-order chi connectivity index (χ1) is 13.8. The van der Waals surface area contributed by atoms with Crippen LogP contribution in [0.25, 0.3) is 11.1 Å². The molecule has 0 heterocycles. The molecule has 0 aromatic heterocycles. The van der Waals surface area contributed by atoms with Gasteiger partial charge in [0.05, 0.1) is 12.0 Å². The molecule has 154 valence electrons. The van der Waals surface area contributed by atoms with E-state index in [1.807, 2.05) is 0 Å². The Morgan fingerprint density at radius 3 is 1.97 bits per heavy atom. The van der Waals surface area contributed by atoms with E-state index in [4.69, 9.17) is 15.2 Å². The fourth-order valence-electron chi connectivity index (χ4n) is 2.66. The molecule has 0 bridgehead atoms. The molecule has 0 spiro atoms. The van der Waals surface area contributed by atoms with E-state index in [0.29, 0.717) is 11.3 Å². The lowest BCUT2D eigenvalue weighted by atomic mass is 9.93. The second-order valence-electron chi connectivity index (χ2n) is 6.38. The van der Waals surface area contributed by atoms with Crippen LogP contribution < -0.4 is 15.7 Å². The quantitative estimate of drug-likeness (QED) is 0.241. The summed E-state index contributed by atoms with van der Waals surface area (Å²) in [5.41, 5.74) is 5.00. The Labute approximate surface area is 166 Å². The van der Waals surface area contributed by atoms with Crippen LogP contribution in [0.5, 0.6) is 5.75 Å². The van der Waals surface area contributed by atoms with E-state index in [1.54, 1.807) is 48.5 Å². The van der Waals surface area contributed by atoms with Crippen LogP contribution >= 0.6 is 0 Å². The van der Waals surface area contributed by atoms with Gasteiger partial charge in [-0.05, 0) is 30.2 Å². The van der Waals surface area contributed by atoms with Crippen molar-refractivity contribution in [1.82, 2.24) is 11.0 Å². The molecule has 2 atom stereocenters. The number of hydroxylamine groups is 2. The van der Waals surface area contributed by atoms with Crippen molar-refractivity contribution in [2.45, 2.75) is 19.4 Å². The Balaban J connectivity index is 2.04. The van der Waals surface area contributed by atoms with Crippen molar-refractivity contribution in [2.75, 3.05) is 6.61 Å². The van der Waals surface area contributed by atoms with Crippen molar-refractivity contribution < 1.29 is 34.6 Å². The molecule has 0 aliphatic carbocycles. The zero-order valence-corrected chi connectivity index (χ0v) is 15.7. The number of hydrogen-bond acceptors (Lipinski definition) is 7. The highest BCUT2D eigenvalue weighted by Gasteiger charge is 2.26. The van der Waals surface area contributed by atoms with E-state index in [1.165, 1.54) is 17.9 Å². The molecule has 2 aromatic rings. The van der Waals surface area contributed by atoms with Crippen molar-refractivity contribution in [2.24, 2.45) is 5.92 Å². The molecule has 0 fully saturated rings. The van der Waals surface area contributed by atoms with Gasteiger partial charge in [-0.2, -0.15) is 0 Å². The van der Waals surface area contributed by atoms with Gasteiger partial charge in [0.25, 0.3) is 5.91 Å². The van der Waals surface area contributed by atoms with Crippen LogP contribution in [-0.4, -0.2) is 45.8 Å². The average Bonchev–Trinajstić information content (AvgIpc) is 2.75. The van der Waals surface area contributed by atoms with E-state index in [2.05, 4.69) is 0 Å². The maximum absolute atomic E-state index is 12.4. The molecule has 2 amide bonds. The molecular weight excluding hydrogens is 380 g/mol. The number of amides is 2. The Kier molecular flexibility index (Phi) is 7.84. The van der Waals surface area contributed by atoms with Crippen LogP contribution in [0.2, 0.25) is 0 Å². The van der Waals surface area contributed by atoms with Gasteiger partial charge in [0.15, 0.2) is 12.4 Å². The van der Waals surface area contributed by atoms with Gasteiger partial charge in [0.1, 0.15) is 5.75 Å². The van der Waals surface area contributed by atoms with Gasteiger partial charge in [0, 0.05) is 12.0 Å². The van der Waals surface area contributed by atoms with Crippen molar-refractivity contribution in [3.05, 3.63) is 54.1 Å². The van der Waals surface area contributed by atoms with Gasteiger partial charge in [-0.25, -0.2) is 11.0 Å². The SMILES string of the molecule is C[C@@H](O)[C@H](CC(=O)c1ccc(-c2ccc(OCC(=O)NO)cc2)cc1)C(=O)NO.